The van der Waals surface area contributed by atoms with Crippen LogP contribution in [-0.2, 0) is 11.3 Å². The number of nitrogens with one attached hydrogen (secondary N) is 2. The molecule has 0 radical (unpaired) electrons. The number of hydrogen-bond acceptors (Lipinski definition) is 4. The van der Waals surface area contributed by atoms with Gasteiger partial charge in [-0.2, -0.15) is 0 Å². The lowest BCUT2D eigenvalue weighted by atomic mass is 10.0. The van der Waals surface area contributed by atoms with Crippen LogP contribution in [0.4, 0.5) is 0 Å². The van der Waals surface area contributed by atoms with Crippen molar-refractivity contribution in [2.45, 2.75) is 45.8 Å². The number of fused-ring (bicyclic) bond motifs is 1. The first-order chi connectivity index (χ1) is 14.3. The Hall–Kier alpha value is -1.96. The third-order valence-corrected chi connectivity index (χ3v) is 5.98. The van der Waals surface area contributed by atoms with Crippen molar-refractivity contribution in [3.05, 3.63) is 45.2 Å². The molecule has 3 rings (SSSR count). The number of H-pyrrole nitrogens is 1. The maximum absolute atomic E-state index is 12.8. The predicted octanol–water partition coefficient (Wildman–Crippen LogP) is 2.95. The Labute approximate surface area is 184 Å². The van der Waals surface area contributed by atoms with Crippen molar-refractivity contribution >= 4 is 28.2 Å². The highest BCUT2D eigenvalue weighted by Gasteiger charge is 2.18. The summed E-state index contributed by atoms with van der Waals surface area (Å²) in [5.41, 5.74) is 3.89. The molecule has 1 aliphatic rings. The number of aryl methyl sites for hydroxylation is 2. The van der Waals surface area contributed by atoms with Crippen molar-refractivity contribution in [2.24, 2.45) is 0 Å². The van der Waals surface area contributed by atoms with E-state index in [1.54, 1.807) is 0 Å². The highest BCUT2D eigenvalue weighted by Crippen LogP contribution is 2.19. The van der Waals surface area contributed by atoms with Crippen molar-refractivity contribution in [1.82, 2.24) is 20.1 Å². The van der Waals surface area contributed by atoms with Crippen LogP contribution in [0.15, 0.2) is 23.0 Å². The van der Waals surface area contributed by atoms with Crippen molar-refractivity contribution < 1.29 is 4.74 Å². The van der Waals surface area contributed by atoms with Crippen LogP contribution in [0.3, 0.4) is 0 Å². The molecule has 30 heavy (non-hydrogen) atoms. The molecular formula is C23H34N4O2S. The molecule has 2 aromatic rings. The Balaban J connectivity index is 1.77. The number of thiocarbonyl (C=S) groups is 1. The predicted molar refractivity (Wildman–Crippen MR) is 127 cm³/mol. The van der Waals surface area contributed by atoms with Gasteiger partial charge in [-0.1, -0.05) is 6.07 Å². The van der Waals surface area contributed by atoms with Crippen LogP contribution in [0.5, 0.6) is 0 Å². The highest BCUT2D eigenvalue weighted by atomic mass is 32.1. The Bertz CT molecular complexity index is 935. The van der Waals surface area contributed by atoms with Gasteiger partial charge < -0.3 is 24.8 Å². The van der Waals surface area contributed by atoms with Crippen molar-refractivity contribution in [3.63, 3.8) is 0 Å². The van der Waals surface area contributed by atoms with Gasteiger partial charge in [-0.15, -0.1) is 0 Å². The first-order valence-corrected chi connectivity index (χ1v) is 11.2. The number of rotatable bonds is 8. The third-order valence-electron chi connectivity index (χ3n) is 5.58. The second-order valence-electron chi connectivity index (χ2n) is 8.57. The molecule has 1 saturated heterocycles. The molecule has 0 unspecified atom stereocenters. The van der Waals surface area contributed by atoms with Gasteiger partial charge in [0.05, 0.1) is 12.6 Å². The quantitative estimate of drug-likeness (QED) is 0.628. The van der Waals surface area contributed by atoms with E-state index < -0.39 is 0 Å². The molecule has 0 aliphatic carbocycles. The van der Waals surface area contributed by atoms with Gasteiger partial charge in [-0.05, 0) is 89.2 Å². The van der Waals surface area contributed by atoms with Crippen LogP contribution in [0.1, 0.15) is 36.0 Å². The molecule has 1 aliphatic heterocycles. The summed E-state index contributed by atoms with van der Waals surface area (Å²) in [6.45, 7) is 7.93. The summed E-state index contributed by atoms with van der Waals surface area (Å²) < 4.78 is 5.70. The van der Waals surface area contributed by atoms with Gasteiger partial charge in [0.1, 0.15) is 0 Å². The average Bonchev–Trinajstić information content (AvgIpc) is 3.19. The molecule has 0 spiro atoms. The topological polar surface area (TPSA) is 60.6 Å². The lowest BCUT2D eigenvalue weighted by Crippen LogP contribution is -2.43. The monoisotopic (exact) mass is 430 g/mol. The van der Waals surface area contributed by atoms with Gasteiger partial charge >= 0.3 is 0 Å². The van der Waals surface area contributed by atoms with Crippen molar-refractivity contribution in [2.75, 3.05) is 40.3 Å². The number of hydrogen-bond donors (Lipinski definition) is 2. The van der Waals surface area contributed by atoms with Gasteiger partial charge in [0.25, 0.3) is 5.56 Å². The second kappa shape index (κ2) is 10.4. The summed E-state index contributed by atoms with van der Waals surface area (Å²) in [7, 11) is 4.13. The van der Waals surface area contributed by atoms with Crippen LogP contribution in [-0.4, -0.2) is 66.3 Å². The normalized spacial score (nSPS) is 16.4. The van der Waals surface area contributed by atoms with E-state index in [1.807, 2.05) is 19.1 Å². The SMILES string of the molecule is Cc1cc(C)c2cc(CN(CCCN(C)C)C(=S)NC[C@H]3CCCO3)c(=O)[nH]c2c1. The maximum atomic E-state index is 12.8. The number of aromatic amines is 1. The molecule has 2 heterocycles. The van der Waals surface area contributed by atoms with E-state index in [9.17, 15) is 4.79 Å². The molecule has 0 amide bonds. The van der Waals surface area contributed by atoms with Gasteiger partial charge in [-0.3, -0.25) is 4.79 Å². The van der Waals surface area contributed by atoms with Crippen LogP contribution in [0.25, 0.3) is 10.9 Å². The third kappa shape index (κ3) is 6.03. The van der Waals surface area contributed by atoms with E-state index in [2.05, 4.69) is 47.2 Å². The maximum Gasteiger partial charge on any atom is 0.253 e. The van der Waals surface area contributed by atoms with Crippen LogP contribution < -0.4 is 10.9 Å². The molecule has 0 bridgehead atoms. The molecule has 1 aromatic carbocycles. The molecule has 0 saturated carbocycles. The summed E-state index contributed by atoms with van der Waals surface area (Å²) in [5.74, 6) is 0. The molecule has 1 fully saturated rings. The number of benzene rings is 1. The summed E-state index contributed by atoms with van der Waals surface area (Å²) in [4.78, 5) is 20.1. The van der Waals surface area contributed by atoms with E-state index in [4.69, 9.17) is 17.0 Å². The minimum atomic E-state index is -0.0490. The first-order valence-electron chi connectivity index (χ1n) is 10.8. The van der Waals surface area contributed by atoms with Gasteiger partial charge in [0.15, 0.2) is 5.11 Å². The lowest BCUT2D eigenvalue weighted by molar-refractivity contribution is 0.113. The van der Waals surface area contributed by atoms with Crippen LogP contribution in [0, 0.1) is 13.8 Å². The fraction of sp³-hybridized carbons (Fsp3) is 0.565. The van der Waals surface area contributed by atoms with Crippen LogP contribution >= 0.6 is 12.2 Å². The van der Waals surface area contributed by atoms with Gasteiger partial charge in [0, 0.05) is 36.2 Å². The lowest BCUT2D eigenvalue weighted by Gasteiger charge is -2.27. The standard InChI is InChI=1S/C23H34N4O2S/c1-16-11-17(2)20-13-18(22(28)25-21(20)12-16)15-27(9-6-8-26(3)4)23(30)24-14-19-7-5-10-29-19/h11-13,19H,5-10,14-15H2,1-4H3,(H,24,30)(H,25,28)/t19-/m1/s1. The van der Waals surface area contributed by atoms with Crippen molar-refractivity contribution in [1.29, 1.82) is 0 Å². The van der Waals surface area contributed by atoms with Gasteiger partial charge in [0.2, 0.25) is 0 Å². The minimum Gasteiger partial charge on any atom is -0.376 e. The largest absolute Gasteiger partial charge is 0.376 e. The number of ether oxygens (including phenoxy) is 1. The van der Waals surface area contributed by atoms with E-state index in [0.717, 1.165) is 67.5 Å². The number of nitrogens with zero attached hydrogens (tertiary/aromatic N) is 2. The Morgan fingerprint density at radius 2 is 2.07 bits per heavy atom. The molecule has 1 aromatic heterocycles. The fourth-order valence-electron chi connectivity index (χ4n) is 3.99. The zero-order valence-corrected chi connectivity index (χ0v) is 19.4. The molecule has 1 atom stereocenters. The van der Waals surface area contributed by atoms with E-state index in [-0.39, 0.29) is 11.7 Å². The summed E-state index contributed by atoms with van der Waals surface area (Å²) >= 11 is 5.70. The number of aromatic nitrogens is 1. The second-order valence-corrected chi connectivity index (χ2v) is 8.95. The Kier molecular flexibility index (Phi) is 7.86. The van der Waals surface area contributed by atoms with E-state index in [0.29, 0.717) is 11.7 Å². The summed E-state index contributed by atoms with van der Waals surface area (Å²) in [5, 5.41) is 5.13. The van der Waals surface area contributed by atoms with E-state index in [1.165, 1.54) is 5.56 Å². The molecular weight excluding hydrogens is 396 g/mol. The molecule has 164 valence electrons. The van der Waals surface area contributed by atoms with Gasteiger partial charge in [-0.25, -0.2) is 0 Å². The van der Waals surface area contributed by atoms with E-state index >= 15 is 0 Å². The highest BCUT2D eigenvalue weighted by molar-refractivity contribution is 7.80. The summed E-state index contributed by atoms with van der Waals surface area (Å²) in [6.07, 6.45) is 3.37. The first kappa shape index (κ1) is 22.7. The molecule has 6 nitrogen and oxygen atoms in total. The van der Waals surface area contributed by atoms with Crippen molar-refractivity contribution in [3.8, 4) is 0 Å². The number of pyridine rings is 1. The smallest absolute Gasteiger partial charge is 0.253 e. The van der Waals surface area contributed by atoms with Crippen LogP contribution in [0.2, 0.25) is 0 Å². The summed E-state index contributed by atoms with van der Waals surface area (Å²) in [6, 6.07) is 6.19. The minimum absolute atomic E-state index is 0.0490. The molecule has 7 heteroatoms. The molecule has 2 N–H and O–H groups in total. The Morgan fingerprint density at radius 1 is 1.27 bits per heavy atom. The zero-order chi connectivity index (χ0) is 21.7. The Morgan fingerprint density at radius 3 is 2.77 bits per heavy atom. The average molecular weight is 431 g/mol. The zero-order valence-electron chi connectivity index (χ0n) is 18.6. The fourth-order valence-corrected chi connectivity index (χ4v) is 4.23.